The van der Waals surface area contributed by atoms with Gasteiger partial charge in [-0.05, 0) is 47.1 Å². The maximum atomic E-state index is 12.9. The highest BCUT2D eigenvalue weighted by Crippen LogP contribution is 2.35. The van der Waals surface area contributed by atoms with Crippen LogP contribution in [0.3, 0.4) is 0 Å². The van der Waals surface area contributed by atoms with Crippen LogP contribution in [0.1, 0.15) is 47.1 Å². The summed E-state index contributed by atoms with van der Waals surface area (Å²) in [5, 5.41) is 1.12. The zero-order valence-corrected chi connectivity index (χ0v) is 19.7. The van der Waals surface area contributed by atoms with Gasteiger partial charge in [0.25, 0.3) is 0 Å². The molecule has 0 bridgehead atoms. The first-order valence-corrected chi connectivity index (χ1v) is 10.4. The third-order valence-electron chi connectivity index (χ3n) is 4.42. The summed E-state index contributed by atoms with van der Waals surface area (Å²) >= 11 is 0. The SMILES string of the molecule is CO[C@@H]1[C@H](C(=O)OC(C)(C)C)C(C(=O)OC(C)(C)C)CN1OC(=O)OCc1ccccc1. The van der Waals surface area contributed by atoms with Crippen LogP contribution in [0.2, 0.25) is 0 Å². The molecule has 2 rings (SSSR count). The number of ether oxygens (including phenoxy) is 4. The minimum Gasteiger partial charge on any atom is -0.460 e. The molecule has 178 valence electrons. The molecule has 0 radical (unpaired) electrons. The second-order valence-corrected chi connectivity index (χ2v) is 9.54. The molecule has 1 aromatic carbocycles. The Kier molecular flexibility index (Phi) is 8.25. The largest absolute Gasteiger partial charge is 0.528 e. The van der Waals surface area contributed by atoms with Crippen LogP contribution in [0.5, 0.6) is 0 Å². The number of carbonyl (C=O) groups excluding carboxylic acids is 3. The lowest BCUT2D eigenvalue weighted by atomic mass is 9.94. The normalized spacial score (nSPS) is 21.7. The third-order valence-corrected chi connectivity index (χ3v) is 4.42. The fourth-order valence-corrected chi connectivity index (χ4v) is 3.23. The van der Waals surface area contributed by atoms with Gasteiger partial charge in [-0.25, -0.2) is 4.79 Å². The Bertz CT molecular complexity index is 796. The quantitative estimate of drug-likeness (QED) is 0.475. The van der Waals surface area contributed by atoms with Crippen molar-refractivity contribution in [1.82, 2.24) is 5.06 Å². The number of benzene rings is 1. The maximum absolute atomic E-state index is 12.9. The second kappa shape index (κ2) is 10.3. The molecule has 0 spiro atoms. The molecule has 0 aliphatic carbocycles. The Labute approximate surface area is 188 Å². The van der Waals surface area contributed by atoms with Gasteiger partial charge in [0.15, 0.2) is 6.23 Å². The molecule has 1 aromatic rings. The molecular formula is C23H33NO8. The lowest BCUT2D eigenvalue weighted by Crippen LogP contribution is -2.42. The van der Waals surface area contributed by atoms with Crippen molar-refractivity contribution in [3.05, 3.63) is 35.9 Å². The van der Waals surface area contributed by atoms with Gasteiger partial charge in [0.1, 0.15) is 23.7 Å². The lowest BCUT2D eigenvalue weighted by molar-refractivity contribution is -0.214. The van der Waals surface area contributed by atoms with E-state index in [1.165, 1.54) is 7.11 Å². The van der Waals surface area contributed by atoms with Gasteiger partial charge in [0.05, 0.1) is 12.5 Å². The Balaban J connectivity index is 2.17. The summed E-state index contributed by atoms with van der Waals surface area (Å²) in [6, 6.07) is 9.10. The maximum Gasteiger partial charge on any atom is 0.528 e. The summed E-state index contributed by atoms with van der Waals surface area (Å²) in [5.74, 6) is -3.28. The monoisotopic (exact) mass is 451 g/mol. The Morgan fingerprint density at radius 1 is 0.938 bits per heavy atom. The molecule has 1 saturated heterocycles. The third kappa shape index (κ3) is 7.49. The standard InChI is InChI=1S/C23H33NO8/c1-22(2,3)30-19(25)16-13-24(18(28-7)17(16)20(26)31-23(4,5)6)32-21(27)29-14-15-11-9-8-10-12-15/h8-12,16-18H,13-14H2,1-7H3/t16?,17-,18-/m1/s1. The zero-order valence-electron chi connectivity index (χ0n) is 19.7. The molecular weight excluding hydrogens is 418 g/mol. The second-order valence-electron chi connectivity index (χ2n) is 9.54. The smallest absolute Gasteiger partial charge is 0.460 e. The molecule has 0 saturated carbocycles. The number of methoxy groups -OCH3 is 1. The van der Waals surface area contributed by atoms with Crippen LogP contribution < -0.4 is 0 Å². The summed E-state index contributed by atoms with van der Waals surface area (Å²) in [6.07, 6.45) is -2.03. The van der Waals surface area contributed by atoms with Gasteiger partial charge in [0.2, 0.25) is 0 Å². The fraction of sp³-hybridized carbons (Fsp3) is 0.609. The molecule has 9 heteroatoms. The topological polar surface area (TPSA) is 101 Å². The fourth-order valence-electron chi connectivity index (χ4n) is 3.23. The number of hydrogen-bond acceptors (Lipinski definition) is 9. The van der Waals surface area contributed by atoms with E-state index in [0.717, 1.165) is 10.6 Å². The van der Waals surface area contributed by atoms with E-state index in [9.17, 15) is 14.4 Å². The lowest BCUT2D eigenvalue weighted by Gasteiger charge is -2.28. The highest BCUT2D eigenvalue weighted by atomic mass is 16.8. The van der Waals surface area contributed by atoms with E-state index in [1.54, 1.807) is 53.7 Å². The molecule has 9 nitrogen and oxygen atoms in total. The Morgan fingerprint density at radius 3 is 2.03 bits per heavy atom. The summed E-state index contributed by atoms with van der Waals surface area (Å²) < 4.78 is 21.6. The predicted octanol–water partition coefficient (Wildman–Crippen LogP) is 3.46. The van der Waals surface area contributed by atoms with Crippen molar-refractivity contribution in [3.8, 4) is 0 Å². The molecule has 1 fully saturated rings. The molecule has 1 heterocycles. The molecule has 0 amide bonds. The molecule has 0 aromatic heterocycles. The average molecular weight is 452 g/mol. The summed E-state index contributed by atoms with van der Waals surface area (Å²) in [7, 11) is 1.35. The highest BCUT2D eigenvalue weighted by molar-refractivity contribution is 5.84. The van der Waals surface area contributed by atoms with Crippen LogP contribution >= 0.6 is 0 Å². The number of esters is 2. The van der Waals surface area contributed by atoms with Gasteiger partial charge in [-0.3, -0.25) is 9.59 Å². The number of rotatable bonds is 6. The van der Waals surface area contributed by atoms with Crippen LogP contribution in [0.15, 0.2) is 30.3 Å². The van der Waals surface area contributed by atoms with E-state index in [4.69, 9.17) is 23.8 Å². The van der Waals surface area contributed by atoms with Crippen LogP contribution in [0, 0.1) is 11.8 Å². The zero-order chi connectivity index (χ0) is 24.1. The molecule has 0 N–H and O–H groups in total. The van der Waals surface area contributed by atoms with E-state index in [1.807, 2.05) is 18.2 Å². The van der Waals surface area contributed by atoms with Crippen molar-refractivity contribution in [3.63, 3.8) is 0 Å². The van der Waals surface area contributed by atoms with Crippen LogP contribution in [0.4, 0.5) is 4.79 Å². The van der Waals surface area contributed by atoms with E-state index in [-0.39, 0.29) is 13.2 Å². The van der Waals surface area contributed by atoms with Gasteiger partial charge < -0.3 is 23.8 Å². The van der Waals surface area contributed by atoms with Gasteiger partial charge in [-0.15, -0.1) is 5.06 Å². The first-order chi connectivity index (χ1) is 14.8. The molecule has 1 aliphatic heterocycles. The first-order valence-electron chi connectivity index (χ1n) is 10.4. The highest BCUT2D eigenvalue weighted by Gasteiger charge is 2.54. The van der Waals surface area contributed by atoms with Crippen molar-refractivity contribution in [2.75, 3.05) is 13.7 Å². The molecule has 3 atom stereocenters. The predicted molar refractivity (Wildman–Crippen MR) is 114 cm³/mol. The van der Waals surface area contributed by atoms with Crippen LogP contribution in [-0.4, -0.2) is 54.2 Å². The van der Waals surface area contributed by atoms with E-state index < -0.39 is 47.4 Å². The van der Waals surface area contributed by atoms with Gasteiger partial charge in [0, 0.05) is 7.11 Å². The average Bonchev–Trinajstić information content (AvgIpc) is 3.03. The molecule has 1 unspecified atom stereocenters. The number of nitrogens with zero attached hydrogens (tertiary/aromatic N) is 1. The molecule has 32 heavy (non-hydrogen) atoms. The van der Waals surface area contributed by atoms with Crippen molar-refractivity contribution in [2.24, 2.45) is 11.8 Å². The van der Waals surface area contributed by atoms with E-state index in [0.29, 0.717) is 0 Å². The molecule has 1 aliphatic rings. The minimum absolute atomic E-state index is 0.0101. The Hall–Kier alpha value is -2.65. The van der Waals surface area contributed by atoms with Gasteiger partial charge in [-0.1, -0.05) is 30.3 Å². The van der Waals surface area contributed by atoms with Crippen molar-refractivity contribution < 1.29 is 38.2 Å². The Morgan fingerprint density at radius 2 is 1.50 bits per heavy atom. The van der Waals surface area contributed by atoms with Crippen molar-refractivity contribution in [1.29, 1.82) is 0 Å². The summed E-state index contributed by atoms with van der Waals surface area (Å²) in [5.41, 5.74) is -0.759. The number of hydroxylamine groups is 2. The number of carbonyl (C=O) groups is 3. The van der Waals surface area contributed by atoms with Gasteiger partial charge in [-0.2, -0.15) is 0 Å². The first kappa shape index (κ1) is 25.6. The van der Waals surface area contributed by atoms with E-state index >= 15 is 0 Å². The van der Waals surface area contributed by atoms with Crippen LogP contribution in [0.25, 0.3) is 0 Å². The van der Waals surface area contributed by atoms with Crippen molar-refractivity contribution in [2.45, 2.75) is 65.6 Å². The minimum atomic E-state index is -1.06. The van der Waals surface area contributed by atoms with E-state index in [2.05, 4.69) is 0 Å². The van der Waals surface area contributed by atoms with Crippen LogP contribution in [-0.2, 0) is 40.0 Å². The number of hydrogen-bond donors (Lipinski definition) is 0. The summed E-state index contributed by atoms with van der Waals surface area (Å²) in [6.45, 7) is 10.2. The van der Waals surface area contributed by atoms with Crippen molar-refractivity contribution >= 4 is 18.1 Å². The van der Waals surface area contributed by atoms with Gasteiger partial charge >= 0.3 is 18.1 Å². The summed E-state index contributed by atoms with van der Waals surface area (Å²) in [4.78, 5) is 43.4.